The van der Waals surface area contributed by atoms with Crippen LogP contribution in [0.25, 0.3) is 11.1 Å². The molecule has 2 aliphatic carbocycles. The number of fused-ring (bicyclic) bond motifs is 1. The molecule has 0 bridgehead atoms. The summed E-state index contributed by atoms with van der Waals surface area (Å²) >= 11 is 0. The Bertz CT molecular complexity index is 981. The van der Waals surface area contributed by atoms with Crippen molar-refractivity contribution < 1.29 is 4.79 Å². The Kier molecular flexibility index (Phi) is 7.50. The number of aryl methyl sites for hydroxylation is 2. The van der Waals surface area contributed by atoms with E-state index in [1.807, 2.05) is 19.2 Å². The van der Waals surface area contributed by atoms with E-state index in [1.165, 1.54) is 78.3 Å². The van der Waals surface area contributed by atoms with Crippen LogP contribution in [-0.2, 0) is 12.8 Å². The molecule has 0 aromatic heterocycles. The number of ketones is 1. The van der Waals surface area contributed by atoms with E-state index in [1.54, 1.807) is 0 Å². The van der Waals surface area contributed by atoms with Gasteiger partial charge in [-0.15, -0.1) is 0 Å². The molecule has 0 aliphatic heterocycles. The molecule has 0 radical (unpaired) electrons. The van der Waals surface area contributed by atoms with E-state index >= 15 is 0 Å². The minimum absolute atomic E-state index is 0.249. The lowest BCUT2D eigenvalue weighted by atomic mass is 9.83. The SMILES string of the molecule is C/C=C\NC(C)c1ccc(C)c(-c2c(CCCC3CCCCC3)ccc3c2CCC3=O)c1. The van der Waals surface area contributed by atoms with Crippen molar-refractivity contribution in [2.45, 2.75) is 91.0 Å². The highest BCUT2D eigenvalue weighted by Gasteiger charge is 2.26. The van der Waals surface area contributed by atoms with Crippen LogP contribution in [-0.4, -0.2) is 5.78 Å². The van der Waals surface area contributed by atoms with Crippen LogP contribution in [0, 0.1) is 12.8 Å². The Labute approximate surface area is 194 Å². The number of carbonyl (C=O) groups is 1. The molecule has 2 nitrogen and oxygen atoms in total. The third-order valence-electron chi connectivity index (χ3n) is 7.63. The molecule has 4 rings (SSSR count). The second-order valence-corrected chi connectivity index (χ2v) is 9.91. The van der Waals surface area contributed by atoms with E-state index in [-0.39, 0.29) is 6.04 Å². The molecule has 0 spiro atoms. The summed E-state index contributed by atoms with van der Waals surface area (Å²) < 4.78 is 0. The third-order valence-corrected chi connectivity index (χ3v) is 7.63. The zero-order valence-electron chi connectivity index (χ0n) is 20.2. The lowest BCUT2D eigenvalue weighted by Gasteiger charge is -2.22. The quantitative estimate of drug-likeness (QED) is 0.462. The molecule has 1 atom stereocenters. The van der Waals surface area contributed by atoms with E-state index in [9.17, 15) is 4.79 Å². The van der Waals surface area contributed by atoms with Crippen molar-refractivity contribution in [3.05, 3.63) is 70.4 Å². The highest BCUT2D eigenvalue weighted by Crippen LogP contribution is 2.39. The Morgan fingerprint density at radius 3 is 2.66 bits per heavy atom. The first kappa shape index (κ1) is 22.8. The molecule has 1 unspecified atom stereocenters. The highest BCUT2D eigenvalue weighted by molar-refractivity contribution is 6.03. The van der Waals surface area contributed by atoms with Gasteiger partial charge in [-0.25, -0.2) is 0 Å². The van der Waals surface area contributed by atoms with Gasteiger partial charge in [-0.2, -0.15) is 0 Å². The van der Waals surface area contributed by atoms with Gasteiger partial charge in [0.15, 0.2) is 5.78 Å². The number of hydrogen-bond acceptors (Lipinski definition) is 2. The van der Waals surface area contributed by atoms with Crippen molar-refractivity contribution in [1.29, 1.82) is 0 Å². The summed E-state index contributed by atoms with van der Waals surface area (Å²) in [6.45, 7) is 6.45. The van der Waals surface area contributed by atoms with Crippen LogP contribution in [0.2, 0.25) is 0 Å². The van der Waals surface area contributed by atoms with E-state index in [2.05, 4.69) is 49.5 Å². The maximum absolute atomic E-state index is 12.5. The zero-order chi connectivity index (χ0) is 22.5. The molecule has 1 fully saturated rings. The third kappa shape index (κ3) is 5.00. The Morgan fingerprint density at radius 2 is 1.88 bits per heavy atom. The van der Waals surface area contributed by atoms with E-state index in [0.717, 1.165) is 24.3 Å². The first-order chi connectivity index (χ1) is 15.6. The smallest absolute Gasteiger partial charge is 0.163 e. The highest BCUT2D eigenvalue weighted by atomic mass is 16.1. The summed E-state index contributed by atoms with van der Waals surface area (Å²) in [5.41, 5.74) is 8.95. The van der Waals surface area contributed by atoms with Gasteiger partial charge in [0.25, 0.3) is 0 Å². The largest absolute Gasteiger partial charge is 0.385 e. The molecule has 32 heavy (non-hydrogen) atoms. The Morgan fingerprint density at radius 1 is 1.06 bits per heavy atom. The lowest BCUT2D eigenvalue weighted by Crippen LogP contribution is -2.12. The minimum Gasteiger partial charge on any atom is -0.385 e. The average molecular weight is 430 g/mol. The van der Waals surface area contributed by atoms with Gasteiger partial charge in [0.2, 0.25) is 0 Å². The van der Waals surface area contributed by atoms with Gasteiger partial charge in [0.05, 0.1) is 0 Å². The predicted molar refractivity (Wildman–Crippen MR) is 135 cm³/mol. The van der Waals surface area contributed by atoms with Gasteiger partial charge in [0, 0.05) is 18.0 Å². The summed E-state index contributed by atoms with van der Waals surface area (Å²) in [6, 6.07) is 11.5. The van der Waals surface area contributed by atoms with E-state index < -0.39 is 0 Å². The molecule has 2 aromatic rings. The Balaban J connectivity index is 1.66. The van der Waals surface area contributed by atoms with Crippen LogP contribution >= 0.6 is 0 Å². The number of carbonyl (C=O) groups excluding carboxylic acids is 1. The summed E-state index contributed by atoms with van der Waals surface area (Å²) in [5.74, 6) is 1.23. The van der Waals surface area contributed by atoms with Crippen LogP contribution in [0.15, 0.2) is 42.6 Å². The van der Waals surface area contributed by atoms with Gasteiger partial charge in [0.1, 0.15) is 0 Å². The first-order valence-electron chi connectivity index (χ1n) is 12.7. The van der Waals surface area contributed by atoms with Crippen LogP contribution < -0.4 is 5.32 Å². The van der Waals surface area contributed by atoms with E-state index in [0.29, 0.717) is 12.2 Å². The van der Waals surface area contributed by atoms with Crippen LogP contribution in [0.3, 0.4) is 0 Å². The minimum atomic E-state index is 0.249. The second kappa shape index (κ2) is 10.5. The second-order valence-electron chi connectivity index (χ2n) is 9.91. The van der Waals surface area contributed by atoms with Crippen molar-refractivity contribution in [1.82, 2.24) is 5.32 Å². The zero-order valence-corrected chi connectivity index (χ0v) is 20.2. The fraction of sp³-hybridized carbons (Fsp3) is 0.500. The van der Waals surface area contributed by atoms with Gasteiger partial charge >= 0.3 is 0 Å². The fourth-order valence-corrected chi connectivity index (χ4v) is 5.71. The van der Waals surface area contributed by atoms with Crippen LogP contribution in [0.1, 0.15) is 104 Å². The van der Waals surface area contributed by atoms with Crippen molar-refractivity contribution >= 4 is 5.78 Å². The van der Waals surface area contributed by atoms with Crippen molar-refractivity contribution in [2.75, 3.05) is 0 Å². The molecule has 0 saturated heterocycles. The van der Waals surface area contributed by atoms with Crippen LogP contribution in [0.5, 0.6) is 0 Å². The summed E-state index contributed by atoms with van der Waals surface area (Å²) in [5, 5.41) is 3.46. The number of Topliss-reactive ketones (excluding diaryl/α,β-unsaturated/α-hetero) is 1. The van der Waals surface area contributed by atoms with Gasteiger partial charge in [-0.1, -0.05) is 68.9 Å². The standard InChI is InChI=1S/C30H39NO/c1-4-19-31-22(3)25-14-13-21(2)28(20-25)30-24(12-8-11-23-9-6-5-7-10-23)15-16-26-27(30)17-18-29(26)32/h4,13-16,19-20,22-23,31H,5-12,17-18H2,1-3H3/b19-4-. The molecule has 2 aliphatic rings. The number of nitrogens with one attached hydrogen (secondary N) is 1. The molecule has 0 amide bonds. The molecule has 1 saturated carbocycles. The van der Waals surface area contributed by atoms with Crippen molar-refractivity contribution in [3.63, 3.8) is 0 Å². The Hall–Kier alpha value is -2.35. The molecule has 2 aromatic carbocycles. The van der Waals surface area contributed by atoms with E-state index in [4.69, 9.17) is 0 Å². The monoisotopic (exact) mass is 429 g/mol. The lowest BCUT2D eigenvalue weighted by molar-refractivity contribution is 0.0994. The average Bonchev–Trinajstić information content (AvgIpc) is 3.19. The van der Waals surface area contributed by atoms with Crippen molar-refractivity contribution in [3.8, 4) is 11.1 Å². The normalized spacial score (nSPS) is 17.7. The number of rotatable bonds is 8. The number of hydrogen-bond donors (Lipinski definition) is 1. The number of benzene rings is 2. The fourth-order valence-electron chi connectivity index (χ4n) is 5.71. The van der Waals surface area contributed by atoms with Gasteiger partial charge < -0.3 is 5.32 Å². The molecular weight excluding hydrogens is 390 g/mol. The topological polar surface area (TPSA) is 29.1 Å². The van der Waals surface area contributed by atoms with Crippen molar-refractivity contribution in [2.24, 2.45) is 5.92 Å². The summed E-state index contributed by atoms with van der Waals surface area (Å²) in [7, 11) is 0. The summed E-state index contributed by atoms with van der Waals surface area (Å²) in [6.07, 6.45) is 16.4. The molecule has 0 heterocycles. The summed E-state index contributed by atoms with van der Waals surface area (Å²) in [4.78, 5) is 12.5. The van der Waals surface area contributed by atoms with Gasteiger partial charge in [-0.3, -0.25) is 4.79 Å². The van der Waals surface area contributed by atoms with Gasteiger partial charge in [-0.05, 0) is 91.6 Å². The van der Waals surface area contributed by atoms with Crippen LogP contribution in [0.4, 0.5) is 0 Å². The first-order valence-corrected chi connectivity index (χ1v) is 12.7. The maximum atomic E-state index is 12.5. The molecule has 1 N–H and O–H groups in total. The molecule has 2 heteroatoms. The molecular formula is C30H39NO. The maximum Gasteiger partial charge on any atom is 0.163 e. The number of allylic oxidation sites excluding steroid dienone is 1. The predicted octanol–water partition coefficient (Wildman–Crippen LogP) is 7.88. The molecule has 170 valence electrons.